The zero-order chi connectivity index (χ0) is 14.4. The van der Waals surface area contributed by atoms with E-state index in [1.54, 1.807) is 6.07 Å². The Morgan fingerprint density at radius 1 is 1.25 bits per heavy atom. The molecule has 0 amide bonds. The molecule has 1 unspecified atom stereocenters. The van der Waals surface area contributed by atoms with Gasteiger partial charge in [0.15, 0.2) is 0 Å². The fourth-order valence-electron chi connectivity index (χ4n) is 3.34. The fourth-order valence-corrected chi connectivity index (χ4v) is 3.34. The van der Waals surface area contributed by atoms with Gasteiger partial charge in [-0.3, -0.25) is 0 Å². The summed E-state index contributed by atoms with van der Waals surface area (Å²) < 4.78 is 13.3. The average Bonchev–Trinajstić information content (AvgIpc) is 2.44. The first-order valence-electron chi connectivity index (χ1n) is 8.17. The van der Waals surface area contributed by atoms with Crippen LogP contribution >= 0.6 is 0 Å². The van der Waals surface area contributed by atoms with Crippen LogP contribution in [0.3, 0.4) is 0 Å². The highest BCUT2D eigenvalue weighted by atomic mass is 19.1. The molecule has 1 aliphatic rings. The van der Waals surface area contributed by atoms with Gasteiger partial charge in [-0.2, -0.15) is 0 Å². The number of hydrogen-bond acceptors (Lipinski definition) is 1. The van der Waals surface area contributed by atoms with E-state index in [0.717, 1.165) is 36.8 Å². The van der Waals surface area contributed by atoms with Gasteiger partial charge in [0.05, 0.1) is 0 Å². The van der Waals surface area contributed by atoms with E-state index in [1.165, 1.54) is 31.7 Å². The fraction of sp³-hybridized carbons (Fsp3) is 0.667. The first-order chi connectivity index (χ1) is 9.69. The molecular formula is C18H28FN. The summed E-state index contributed by atoms with van der Waals surface area (Å²) in [6.07, 6.45) is 7.44. The molecule has 0 radical (unpaired) electrons. The molecule has 1 atom stereocenters. The smallest absolute Gasteiger partial charge is 0.123 e. The molecule has 0 saturated heterocycles. The minimum Gasteiger partial charge on any atom is -0.313 e. The normalized spacial score (nSPS) is 24.6. The van der Waals surface area contributed by atoms with Crippen LogP contribution in [0.2, 0.25) is 0 Å². The van der Waals surface area contributed by atoms with Crippen LogP contribution in [0.15, 0.2) is 24.3 Å². The van der Waals surface area contributed by atoms with Gasteiger partial charge in [-0.1, -0.05) is 38.8 Å². The van der Waals surface area contributed by atoms with Gasteiger partial charge in [-0.05, 0) is 61.8 Å². The largest absolute Gasteiger partial charge is 0.313 e. The van der Waals surface area contributed by atoms with Crippen LogP contribution in [0, 0.1) is 17.7 Å². The lowest BCUT2D eigenvalue weighted by molar-refractivity contribution is 0.229. The summed E-state index contributed by atoms with van der Waals surface area (Å²) >= 11 is 0. The molecule has 1 saturated carbocycles. The van der Waals surface area contributed by atoms with Crippen LogP contribution in [0.1, 0.15) is 51.5 Å². The van der Waals surface area contributed by atoms with Crippen molar-refractivity contribution in [3.8, 4) is 0 Å². The van der Waals surface area contributed by atoms with Crippen LogP contribution in [0.5, 0.6) is 0 Å². The Kier molecular flexibility index (Phi) is 6.03. The van der Waals surface area contributed by atoms with E-state index in [1.807, 2.05) is 6.07 Å². The highest BCUT2D eigenvalue weighted by Gasteiger charge is 2.25. The quantitative estimate of drug-likeness (QED) is 0.803. The van der Waals surface area contributed by atoms with Gasteiger partial charge < -0.3 is 5.32 Å². The maximum Gasteiger partial charge on any atom is 0.123 e. The van der Waals surface area contributed by atoms with Crippen molar-refractivity contribution in [3.63, 3.8) is 0 Å². The molecule has 1 N–H and O–H groups in total. The highest BCUT2D eigenvalue weighted by Crippen LogP contribution is 2.31. The van der Waals surface area contributed by atoms with Crippen molar-refractivity contribution in [2.75, 3.05) is 6.54 Å². The Morgan fingerprint density at radius 3 is 2.65 bits per heavy atom. The second kappa shape index (κ2) is 7.78. The summed E-state index contributed by atoms with van der Waals surface area (Å²) in [6, 6.07) is 7.59. The maximum absolute atomic E-state index is 13.3. The number of hydrogen-bond donors (Lipinski definition) is 1. The van der Waals surface area contributed by atoms with E-state index >= 15 is 0 Å². The molecule has 0 bridgehead atoms. The van der Waals surface area contributed by atoms with Gasteiger partial charge in [-0.15, -0.1) is 0 Å². The second-order valence-corrected chi connectivity index (χ2v) is 6.41. The van der Waals surface area contributed by atoms with Crippen LogP contribution in [-0.4, -0.2) is 12.6 Å². The average molecular weight is 277 g/mol. The van der Waals surface area contributed by atoms with E-state index in [4.69, 9.17) is 0 Å². The van der Waals surface area contributed by atoms with Gasteiger partial charge in [-0.25, -0.2) is 4.39 Å². The molecule has 1 nitrogen and oxygen atoms in total. The summed E-state index contributed by atoms with van der Waals surface area (Å²) in [5, 5.41) is 3.70. The lowest BCUT2D eigenvalue weighted by Crippen LogP contribution is -2.40. The van der Waals surface area contributed by atoms with E-state index in [-0.39, 0.29) is 5.82 Å². The Morgan fingerprint density at radius 2 is 2.00 bits per heavy atom. The summed E-state index contributed by atoms with van der Waals surface area (Å²) in [7, 11) is 0. The highest BCUT2D eigenvalue weighted by molar-refractivity contribution is 5.17. The first kappa shape index (κ1) is 15.5. The third-order valence-electron chi connectivity index (χ3n) is 4.63. The summed E-state index contributed by atoms with van der Waals surface area (Å²) in [5.41, 5.74) is 1.12. The Bertz CT molecular complexity index is 396. The Hall–Kier alpha value is -0.890. The molecule has 0 spiro atoms. The molecule has 2 heteroatoms. The molecule has 2 rings (SSSR count). The summed E-state index contributed by atoms with van der Waals surface area (Å²) in [5.74, 6) is 1.52. The first-order valence-corrected chi connectivity index (χ1v) is 8.17. The Labute approximate surface area is 123 Å². The van der Waals surface area contributed by atoms with Crippen molar-refractivity contribution in [2.24, 2.45) is 11.8 Å². The van der Waals surface area contributed by atoms with Crippen molar-refractivity contribution in [2.45, 2.75) is 58.4 Å². The van der Waals surface area contributed by atoms with E-state index in [9.17, 15) is 4.39 Å². The van der Waals surface area contributed by atoms with Gasteiger partial charge in [0, 0.05) is 6.04 Å². The van der Waals surface area contributed by atoms with Crippen LogP contribution in [-0.2, 0) is 6.42 Å². The van der Waals surface area contributed by atoms with Crippen molar-refractivity contribution < 1.29 is 4.39 Å². The van der Waals surface area contributed by atoms with E-state index in [2.05, 4.69) is 25.2 Å². The lowest BCUT2D eigenvalue weighted by atomic mass is 9.77. The molecule has 0 heterocycles. The van der Waals surface area contributed by atoms with Crippen molar-refractivity contribution in [3.05, 3.63) is 35.6 Å². The monoisotopic (exact) mass is 277 g/mol. The van der Waals surface area contributed by atoms with Crippen molar-refractivity contribution >= 4 is 0 Å². The molecule has 20 heavy (non-hydrogen) atoms. The topological polar surface area (TPSA) is 12.0 Å². The van der Waals surface area contributed by atoms with E-state index < -0.39 is 0 Å². The number of rotatable bonds is 6. The van der Waals surface area contributed by atoms with E-state index in [0.29, 0.717) is 6.04 Å². The van der Waals surface area contributed by atoms with Crippen molar-refractivity contribution in [1.29, 1.82) is 0 Å². The van der Waals surface area contributed by atoms with Crippen LogP contribution in [0.4, 0.5) is 4.39 Å². The zero-order valence-electron chi connectivity index (χ0n) is 12.9. The predicted molar refractivity (Wildman–Crippen MR) is 83.3 cm³/mol. The van der Waals surface area contributed by atoms with Crippen molar-refractivity contribution in [1.82, 2.24) is 5.32 Å². The number of benzene rings is 1. The third kappa shape index (κ3) is 4.59. The van der Waals surface area contributed by atoms with Crippen LogP contribution in [0.25, 0.3) is 0 Å². The minimum absolute atomic E-state index is 0.117. The Balaban J connectivity index is 1.99. The molecule has 112 valence electrons. The number of nitrogens with one attached hydrogen (secondary N) is 1. The molecular weight excluding hydrogens is 249 g/mol. The third-order valence-corrected chi connectivity index (χ3v) is 4.63. The van der Waals surface area contributed by atoms with Gasteiger partial charge in [0.25, 0.3) is 0 Å². The SMILES string of the molecule is CCCNC(Cc1cccc(F)c1)C1CCC(C)CC1. The minimum atomic E-state index is -0.117. The molecule has 1 aliphatic carbocycles. The second-order valence-electron chi connectivity index (χ2n) is 6.41. The zero-order valence-corrected chi connectivity index (χ0v) is 12.9. The number of halogens is 1. The summed E-state index contributed by atoms with van der Waals surface area (Å²) in [6.45, 7) is 5.62. The summed E-state index contributed by atoms with van der Waals surface area (Å²) in [4.78, 5) is 0. The van der Waals surface area contributed by atoms with Gasteiger partial charge in [0.2, 0.25) is 0 Å². The van der Waals surface area contributed by atoms with Gasteiger partial charge in [0.1, 0.15) is 5.82 Å². The van der Waals surface area contributed by atoms with Gasteiger partial charge >= 0.3 is 0 Å². The molecule has 0 aromatic heterocycles. The lowest BCUT2D eigenvalue weighted by Gasteiger charge is -2.33. The molecule has 1 fully saturated rings. The predicted octanol–water partition coefficient (Wildman–Crippen LogP) is 4.56. The molecule has 1 aromatic rings. The maximum atomic E-state index is 13.3. The standard InChI is InChI=1S/C18H28FN/c1-3-11-20-18(16-9-7-14(2)8-10-16)13-15-5-4-6-17(19)12-15/h4-6,12,14,16,18,20H,3,7-11,13H2,1-2H3. The molecule has 0 aliphatic heterocycles. The molecule has 1 aromatic carbocycles. The van der Waals surface area contributed by atoms with Crippen LogP contribution < -0.4 is 5.32 Å².